The number of hydrogen-bond acceptors (Lipinski definition) is 3. The maximum atomic E-state index is 12.2. The van der Waals surface area contributed by atoms with Crippen LogP contribution in [-0.4, -0.2) is 17.6 Å². The van der Waals surface area contributed by atoms with Crippen molar-refractivity contribution in [3.8, 4) is 11.3 Å². The third kappa shape index (κ3) is 2.82. The van der Waals surface area contributed by atoms with E-state index in [1.807, 2.05) is 37.3 Å². The van der Waals surface area contributed by atoms with Gasteiger partial charge < -0.3 is 4.74 Å². The van der Waals surface area contributed by atoms with Crippen molar-refractivity contribution >= 4 is 5.97 Å². The predicted octanol–water partition coefficient (Wildman–Crippen LogP) is 3.80. The summed E-state index contributed by atoms with van der Waals surface area (Å²) in [5.74, 6) is -0.298. The Hall–Kier alpha value is -2.16. The molecule has 1 aliphatic carbocycles. The van der Waals surface area contributed by atoms with Gasteiger partial charge in [-0.15, -0.1) is 0 Å². The average Bonchev–Trinajstić information content (AvgIpc) is 2.55. The molecule has 0 bridgehead atoms. The number of pyridine rings is 1. The molecule has 1 heterocycles. The van der Waals surface area contributed by atoms with E-state index in [1.54, 1.807) is 0 Å². The number of carbonyl (C=O) groups excluding carboxylic acids is 1. The summed E-state index contributed by atoms with van der Waals surface area (Å²) < 4.78 is 5.18. The van der Waals surface area contributed by atoms with E-state index >= 15 is 0 Å². The molecule has 3 rings (SSSR count). The van der Waals surface area contributed by atoms with Crippen molar-refractivity contribution in [1.29, 1.82) is 0 Å². The zero-order valence-corrected chi connectivity index (χ0v) is 12.3. The Morgan fingerprint density at radius 1 is 1.19 bits per heavy atom. The Morgan fingerprint density at radius 2 is 1.95 bits per heavy atom. The fourth-order valence-corrected chi connectivity index (χ4v) is 2.87. The van der Waals surface area contributed by atoms with E-state index in [0.29, 0.717) is 12.3 Å². The number of fused-ring (bicyclic) bond motifs is 1. The molecule has 108 valence electrons. The molecule has 1 aliphatic rings. The molecule has 0 saturated heterocycles. The van der Waals surface area contributed by atoms with Crippen LogP contribution in [0.3, 0.4) is 0 Å². The summed E-state index contributed by atoms with van der Waals surface area (Å²) in [6.07, 6.45) is 4.23. The smallest absolute Gasteiger partial charge is 0.357 e. The molecule has 0 amide bonds. The van der Waals surface area contributed by atoms with Crippen LogP contribution in [0.5, 0.6) is 0 Å². The molecular formula is C18H19NO2. The second-order valence-corrected chi connectivity index (χ2v) is 5.29. The number of ether oxygens (including phenoxy) is 1. The first kappa shape index (κ1) is 13.8. The van der Waals surface area contributed by atoms with E-state index in [9.17, 15) is 4.79 Å². The number of esters is 1. The van der Waals surface area contributed by atoms with Crippen molar-refractivity contribution in [2.24, 2.45) is 0 Å². The lowest BCUT2D eigenvalue weighted by Crippen LogP contribution is -2.16. The molecule has 0 aliphatic heterocycles. The van der Waals surface area contributed by atoms with Crippen LogP contribution in [0.4, 0.5) is 0 Å². The Morgan fingerprint density at radius 3 is 2.71 bits per heavy atom. The van der Waals surface area contributed by atoms with Crippen LogP contribution in [0.1, 0.15) is 41.4 Å². The molecule has 3 nitrogen and oxygen atoms in total. The molecule has 0 unspecified atom stereocenters. The fourth-order valence-electron chi connectivity index (χ4n) is 2.87. The van der Waals surface area contributed by atoms with Gasteiger partial charge in [-0.25, -0.2) is 9.78 Å². The quantitative estimate of drug-likeness (QED) is 0.803. The van der Waals surface area contributed by atoms with Crippen LogP contribution in [0.15, 0.2) is 36.4 Å². The highest BCUT2D eigenvalue weighted by molar-refractivity contribution is 5.90. The van der Waals surface area contributed by atoms with E-state index in [0.717, 1.165) is 36.1 Å². The number of aromatic nitrogens is 1. The van der Waals surface area contributed by atoms with Crippen molar-refractivity contribution in [2.75, 3.05) is 6.61 Å². The SMILES string of the molecule is CCOC(=O)c1nc(-c2ccccc2)cc2c1CCCC2. The van der Waals surface area contributed by atoms with Crippen LogP contribution >= 0.6 is 0 Å². The minimum absolute atomic E-state index is 0.298. The highest BCUT2D eigenvalue weighted by atomic mass is 16.5. The number of nitrogens with zero attached hydrogens (tertiary/aromatic N) is 1. The third-order valence-corrected chi connectivity index (χ3v) is 3.88. The van der Waals surface area contributed by atoms with Gasteiger partial charge >= 0.3 is 5.97 Å². The van der Waals surface area contributed by atoms with Gasteiger partial charge in [0.2, 0.25) is 0 Å². The van der Waals surface area contributed by atoms with Crippen molar-refractivity contribution in [2.45, 2.75) is 32.6 Å². The Balaban J connectivity index is 2.11. The number of hydrogen-bond donors (Lipinski definition) is 0. The summed E-state index contributed by atoms with van der Waals surface area (Å²) >= 11 is 0. The van der Waals surface area contributed by atoms with Crippen LogP contribution in [0.2, 0.25) is 0 Å². The highest BCUT2D eigenvalue weighted by Gasteiger charge is 2.22. The van der Waals surface area contributed by atoms with Gasteiger partial charge in [0.15, 0.2) is 5.69 Å². The summed E-state index contributed by atoms with van der Waals surface area (Å²) in [5.41, 5.74) is 4.74. The molecule has 21 heavy (non-hydrogen) atoms. The third-order valence-electron chi connectivity index (χ3n) is 3.88. The molecule has 0 fully saturated rings. The van der Waals surface area contributed by atoms with Gasteiger partial charge in [-0.1, -0.05) is 30.3 Å². The van der Waals surface area contributed by atoms with Crippen LogP contribution in [-0.2, 0) is 17.6 Å². The molecular weight excluding hydrogens is 262 g/mol. The monoisotopic (exact) mass is 281 g/mol. The van der Waals surface area contributed by atoms with E-state index in [-0.39, 0.29) is 5.97 Å². The fraction of sp³-hybridized carbons (Fsp3) is 0.333. The standard InChI is InChI=1S/C18H19NO2/c1-2-21-18(20)17-15-11-7-6-10-14(15)12-16(19-17)13-8-4-3-5-9-13/h3-5,8-9,12H,2,6-7,10-11H2,1H3. The predicted molar refractivity (Wildman–Crippen MR) is 82.3 cm³/mol. The summed E-state index contributed by atoms with van der Waals surface area (Å²) in [7, 11) is 0. The molecule has 0 radical (unpaired) electrons. The van der Waals surface area contributed by atoms with Crippen molar-refractivity contribution in [3.63, 3.8) is 0 Å². The number of carbonyl (C=O) groups is 1. The highest BCUT2D eigenvalue weighted by Crippen LogP contribution is 2.28. The zero-order valence-electron chi connectivity index (χ0n) is 12.3. The lowest BCUT2D eigenvalue weighted by molar-refractivity contribution is 0.0518. The Kier molecular flexibility index (Phi) is 4.00. The molecule has 1 aromatic carbocycles. The Bertz CT molecular complexity index is 650. The first-order valence-electron chi connectivity index (χ1n) is 7.55. The normalized spacial score (nSPS) is 13.6. The van der Waals surface area contributed by atoms with Crippen LogP contribution < -0.4 is 0 Å². The van der Waals surface area contributed by atoms with Gasteiger partial charge in [0.1, 0.15) is 0 Å². The van der Waals surface area contributed by atoms with Crippen molar-refractivity contribution < 1.29 is 9.53 Å². The Labute approximate surface area is 125 Å². The molecule has 0 spiro atoms. The van der Waals surface area contributed by atoms with Crippen molar-refractivity contribution in [1.82, 2.24) is 4.98 Å². The second kappa shape index (κ2) is 6.08. The van der Waals surface area contributed by atoms with Gasteiger partial charge in [0.05, 0.1) is 12.3 Å². The second-order valence-electron chi connectivity index (χ2n) is 5.29. The maximum absolute atomic E-state index is 12.2. The first-order chi connectivity index (χ1) is 10.3. The van der Waals surface area contributed by atoms with Crippen LogP contribution in [0.25, 0.3) is 11.3 Å². The van der Waals surface area contributed by atoms with Crippen molar-refractivity contribution in [3.05, 3.63) is 53.2 Å². The lowest BCUT2D eigenvalue weighted by atomic mass is 9.89. The summed E-state index contributed by atoms with van der Waals surface area (Å²) in [6.45, 7) is 2.20. The number of benzene rings is 1. The van der Waals surface area contributed by atoms with Gasteiger partial charge in [0.25, 0.3) is 0 Å². The van der Waals surface area contributed by atoms with E-state index in [4.69, 9.17) is 4.74 Å². The number of rotatable bonds is 3. The topological polar surface area (TPSA) is 39.2 Å². The molecule has 0 N–H and O–H groups in total. The van der Waals surface area contributed by atoms with Crippen LogP contribution in [0, 0.1) is 0 Å². The molecule has 1 aromatic heterocycles. The first-order valence-corrected chi connectivity index (χ1v) is 7.55. The summed E-state index contributed by atoms with van der Waals surface area (Å²) in [5, 5.41) is 0. The maximum Gasteiger partial charge on any atom is 0.357 e. The largest absolute Gasteiger partial charge is 0.461 e. The summed E-state index contributed by atoms with van der Waals surface area (Å²) in [4.78, 5) is 16.8. The minimum Gasteiger partial charge on any atom is -0.461 e. The summed E-state index contributed by atoms with van der Waals surface area (Å²) in [6, 6.07) is 12.1. The van der Waals surface area contributed by atoms with E-state index in [2.05, 4.69) is 11.1 Å². The number of aryl methyl sites for hydroxylation is 1. The molecule has 3 heteroatoms. The average molecular weight is 281 g/mol. The van der Waals surface area contributed by atoms with E-state index in [1.165, 1.54) is 12.0 Å². The van der Waals surface area contributed by atoms with Gasteiger partial charge in [0, 0.05) is 5.56 Å². The minimum atomic E-state index is -0.298. The molecule has 2 aromatic rings. The lowest BCUT2D eigenvalue weighted by Gasteiger charge is -2.19. The van der Waals surface area contributed by atoms with Gasteiger partial charge in [-0.2, -0.15) is 0 Å². The zero-order chi connectivity index (χ0) is 14.7. The van der Waals surface area contributed by atoms with Gasteiger partial charge in [-0.3, -0.25) is 0 Å². The van der Waals surface area contributed by atoms with Gasteiger partial charge in [-0.05, 0) is 49.8 Å². The molecule has 0 atom stereocenters. The molecule has 0 saturated carbocycles. The van der Waals surface area contributed by atoms with E-state index < -0.39 is 0 Å².